The maximum absolute atomic E-state index is 11.4. The lowest BCUT2D eigenvalue weighted by molar-refractivity contribution is 0.475. The molecule has 1 aromatic carbocycles. The van der Waals surface area contributed by atoms with Crippen molar-refractivity contribution < 1.29 is 5.11 Å². The van der Waals surface area contributed by atoms with Crippen molar-refractivity contribution in [3.8, 4) is 11.4 Å². The molecule has 0 unspecified atom stereocenters. The first-order chi connectivity index (χ1) is 7.20. The van der Waals surface area contributed by atoms with Gasteiger partial charge in [0.25, 0.3) is 0 Å². The van der Waals surface area contributed by atoms with Crippen LogP contribution in [0.5, 0.6) is 5.75 Å². The molecule has 78 valence electrons. The summed E-state index contributed by atoms with van der Waals surface area (Å²) in [5.74, 6) is 0.564. The first kappa shape index (κ1) is 9.47. The molecular formula is C9H10N4O2. The van der Waals surface area contributed by atoms with E-state index in [-0.39, 0.29) is 18.0 Å². The van der Waals surface area contributed by atoms with Crippen LogP contribution in [0.15, 0.2) is 29.1 Å². The predicted octanol–water partition coefficient (Wildman–Crippen LogP) is -0.275. The fourth-order valence-corrected chi connectivity index (χ4v) is 1.23. The van der Waals surface area contributed by atoms with Gasteiger partial charge in [-0.15, -0.1) is 5.10 Å². The number of phenols is 1. The largest absolute Gasteiger partial charge is 0.508 e. The molecular weight excluding hydrogens is 196 g/mol. The quantitative estimate of drug-likeness (QED) is 0.629. The van der Waals surface area contributed by atoms with Gasteiger partial charge in [0, 0.05) is 0 Å². The zero-order valence-electron chi connectivity index (χ0n) is 7.84. The molecule has 1 heterocycles. The second kappa shape index (κ2) is 3.58. The maximum Gasteiger partial charge on any atom is 0.348 e. The number of H-pyrrole nitrogens is 1. The molecule has 4 N–H and O–H groups in total. The molecule has 0 bridgehead atoms. The maximum atomic E-state index is 11.4. The number of nitrogens with two attached hydrogens (primary N) is 1. The van der Waals surface area contributed by atoms with E-state index in [0.29, 0.717) is 11.5 Å². The van der Waals surface area contributed by atoms with Crippen LogP contribution in [0.4, 0.5) is 0 Å². The molecule has 0 amide bonds. The third-order valence-electron chi connectivity index (χ3n) is 1.95. The molecule has 2 rings (SSSR count). The molecule has 0 spiro atoms. The molecule has 15 heavy (non-hydrogen) atoms. The lowest BCUT2D eigenvalue weighted by Crippen LogP contribution is -2.15. The third-order valence-corrected chi connectivity index (χ3v) is 1.95. The van der Waals surface area contributed by atoms with Crippen LogP contribution >= 0.6 is 0 Å². The number of hydrogen-bond donors (Lipinski definition) is 3. The molecule has 0 aliphatic carbocycles. The smallest absolute Gasteiger partial charge is 0.348 e. The SMILES string of the molecule is NCc1nn(-c2ccc(O)cc2)c(=O)[nH]1. The van der Waals surface area contributed by atoms with Gasteiger partial charge in [-0.3, -0.25) is 4.98 Å². The summed E-state index contributed by atoms with van der Waals surface area (Å²) in [6.45, 7) is 0.181. The molecule has 2 aromatic rings. The summed E-state index contributed by atoms with van der Waals surface area (Å²) >= 11 is 0. The highest BCUT2D eigenvalue weighted by atomic mass is 16.3. The fraction of sp³-hybridized carbons (Fsp3) is 0.111. The van der Waals surface area contributed by atoms with Crippen LogP contribution in [0.25, 0.3) is 5.69 Å². The second-order valence-corrected chi connectivity index (χ2v) is 3.01. The van der Waals surface area contributed by atoms with Crippen molar-refractivity contribution in [1.29, 1.82) is 0 Å². The highest BCUT2D eigenvalue weighted by Gasteiger charge is 2.05. The van der Waals surface area contributed by atoms with Gasteiger partial charge in [-0.1, -0.05) is 0 Å². The minimum Gasteiger partial charge on any atom is -0.508 e. The number of hydrogen-bond acceptors (Lipinski definition) is 4. The molecule has 1 aromatic heterocycles. The Labute approximate surface area is 85.0 Å². The van der Waals surface area contributed by atoms with Gasteiger partial charge in [-0.25, -0.2) is 4.79 Å². The van der Waals surface area contributed by atoms with Crippen LogP contribution in [0.3, 0.4) is 0 Å². The van der Waals surface area contributed by atoms with E-state index in [0.717, 1.165) is 0 Å². The van der Waals surface area contributed by atoms with Crippen molar-refractivity contribution in [2.75, 3.05) is 0 Å². The number of benzene rings is 1. The average molecular weight is 206 g/mol. The van der Waals surface area contributed by atoms with Crippen molar-refractivity contribution in [3.05, 3.63) is 40.6 Å². The van der Waals surface area contributed by atoms with E-state index in [2.05, 4.69) is 10.1 Å². The Kier molecular flexibility index (Phi) is 2.26. The Balaban J connectivity index is 2.49. The van der Waals surface area contributed by atoms with Gasteiger partial charge in [-0.2, -0.15) is 4.68 Å². The molecule has 0 radical (unpaired) electrons. The zero-order valence-corrected chi connectivity index (χ0v) is 7.84. The summed E-state index contributed by atoms with van der Waals surface area (Å²) in [4.78, 5) is 13.9. The van der Waals surface area contributed by atoms with E-state index in [4.69, 9.17) is 10.8 Å². The van der Waals surface area contributed by atoms with Crippen molar-refractivity contribution in [2.24, 2.45) is 5.73 Å². The number of aromatic amines is 1. The van der Waals surface area contributed by atoms with Crippen LogP contribution in [-0.2, 0) is 6.54 Å². The summed E-state index contributed by atoms with van der Waals surface area (Å²) in [6, 6.07) is 6.16. The molecule has 0 aliphatic heterocycles. The van der Waals surface area contributed by atoms with Crippen LogP contribution < -0.4 is 11.4 Å². The topological polar surface area (TPSA) is 96.9 Å². The van der Waals surface area contributed by atoms with E-state index in [1.54, 1.807) is 12.1 Å². The molecule has 6 nitrogen and oxygen atoms in total. The normalized spacial score (nSPS) is 10.5. The van der Waals surface area contributed by atoms with Crippen LogP contribution in [0.2, 0.25) is 0 Å². The van der Waals surface area contributed by atoms with E-state index in [1.807, 2.05) is 0 Å². The van der Waals surface area contributed by atoms with Gasteiger partial charge in [0.1, 0.15) is 11.6 Å². The van der Waals surface area contributed by atoms with Gasteiger partial charge < -0.3 is 10.8 Å². The summed E-state index contributed by atoms with van der Waals surface area (Å²) in [5, 5.41) is 13.1. The summed E-state index contributed by atoms with van der Waals surface area (Å²) in [6.07, 6.45) is 0. The Morgan fingerprint density at radius 2 is 2.07 bits per heavy atom. The standard InChI is InChI=1S/C9H10N4O2/c10-5-8-11-9(15)13(12-8)6-1-3-7(14)4-2-6/h1-4,14H,5,10H2,(H,11,12,15). The minimum absolute atomic E-state index is 0.140. The first-order valence-corrected chi connectivity index (χ1v) is 4.38. The molecule has 0 saturated carbocycles. The molecule has 6 heteroatoms. The minimum atomic E-state index is -0.346. The average Bonchev–Trinajstić information content (AvgIpc) is 2.61. The lowest BCUT2D eigenvalue weighted by atomic mass is 10.3. The van der Waals surface area contributed by atoms with Crippen molar-refractivity contribution in [3.63, 3.8) is 0 Å². The summed E-state index contributed by atoms with van der Waals surface area (Å²) in [7, 11) is 0. The molecule has 0 saturated heterocycles. The number of phenolic OH excluding ortho intramolecular Hbond substituents is 1. The number of rotatable bonds is 2. The highest BCUT2D eigenvalue weighted by molar-refractivity contribution is 5.35. The number of aromatic nitrogens is 3. The Morgan fingerprint density at radius 1 is 1.40 bits per heavy atom. The summed E-state index contributed by atoms with van der Waals surface area (Å²) in [5.41, 5.74) is 5.58. The Morgan fingerprint density at radius 3 is 2.60 bits per heavy atom. The van der Waals surface area contributed by atoms with Crippen LogP contribution in [-0.4, -0.2) is 19.9 Å². The molecule has 0 fully saturated rings. The van der Waals surface area contributed by atoms with Crippen LogP contribution in [0, 0.1) is 0 Å². The molecule has 0 atom stereocenters. The van der Waals surface area contributed by atoms with Gasteiger partial charge in [0.05, 0.1) is 12.2 Å². The molecule has 0 aliphatic rings. The van der Waals surface area contributed by atoms with Gasteiger partial charge in [0.2, 0.25) is 0 Å². The first-order valence-electron chi connectivity index (χ1n) is 4.38. The predicted molar refractivity (Wildman–Crippen MR) is 53.7 cm³/mol. The third kappa shape index (κ3) is 1.75. The van der Waals surface area contributed by atoms with E-state index < -0.39 is 0 Å². The van der Waals surface area contributed by atoms with E-state index in [9.17, 15) is 4.79 Å². The number of aromatic hydroxyl groups is 1. The van der Waals surface area contributed by atoms with Crippen LogP contribution in [0.1, 0.15) is 5.82 Å². The number of nitrogens with one attached hydrogen (secondary N) is 1. The van der Waals surface area contributed by atoms with Gasteiger partial charge in [0.15, 0.2) is 0 Å². The summed E-state index contributed by atoms with van der Waals surface area (Å²) < 4.78 is 1.20. The van der Waals surface area contributed by atoms with E-state index in [1.165, 1.54) is 16.8 Å². The van der Waals surface area contributed by atoms with Gasteiger partial charge in [-0.05, 0) is 24.3 Å². The number of nitrogens with zero attached hydrogens (tertiary/aromatic N) is 2. The van der Waals surface area contributed by atoms with Crippen molar-refractivity contribution >= 4 is 0 Å². The highest BCUT2D eigenvalue weighted by Crippen LogP contribution is 2.11. The van der Waals surface area contributed by atoms with Crippen molar-refractivity contribution in [1.82, 2.24) is 14.8 Å². The zero-order chi connectivity index (χ0) is 10.8. The Bertz CT molecular complexity index is 512. The fourth-order valence-electron chi connectivity index (χ4n) is 1.23. The lowest BCUT2D eigenvalue weighted by Gasteiger charge is -1.98. The van der Waals surface area contributed by atoms with Gasteiger partial charge >= 0.3 is 5.69 Å². The van der Waals surface area contributed by atoms with Crippen molar-refractivity contribution in [2.45, 2.75) is 6.54 Å². The monoisotopic (exact) mass is 206 g/mol. The second-order valence-electron chi connectivity index (χ2n) is 3.01. The van der Waals surface area contributed by atoms with E-state index >= 15 is 0 Å². The Hall–Kier alpha value is -2.08.